The highest BCUT2D eigenvalue weighted by Gasteiger charge is 2.48. The summed E-state index contributed by atoms with van der Waals surface area (Å²) in [5, 5.41) is 2.10. The second-order valence-corrected chi connectivity index (χ2v) is 14.0. The first-order valence-electron chi connectivity index (χ1n) is 17.1. The van der Waals surface area contributed by atoms with Gasteiger partial charge in [-0.15, -0.1) is 0 Å². The van der Waals surface area contributed by atoms with Crippen LogP contribution in [0.4, 0.5) is 0 Å². The number of esters is 2. The second kappa shape index (κ2) is 13.9. The topological polar surface area (TPSA) is 117 Å². The van der Waals surface area contributed by atoms with Crippen LogP contribution in [0, 0.1) is 5.92 Å². The number of hydrogen-bond acceptors (Lipinski definition) is 9. The Morgan fingerprint density at radius 3 is 2.53 bits per heavy atom. The highest BCUT2D eigenvalue weighted by atomic mass is 16.7. The third-order valence-corrected chi connectivity index (χ3v) is 9.27. The first kappa shape index (κ1) is 33.8. The van der Waals surface area contributed by atoms with Gasteiger partial charge in [0.25, 0.3) is 5.91 Å². The van der Waals surface area contributed by atoms with Gasteiger partial charge in [-0.2, -0.15) is 0 Å². The zero-order chi connectivity index (χ0) is 35.7. The maximum absolute atomic E-state index is 14.8. The highest BCUT2D eigenvalue weighted by molar-refractivity contribution is 5.94. The van der Waals surface area contributed by atoms with E-state index in [-0.39, 0.29) is 25.7 Å². The molecule has 0 spiro atoms. The summed E-state index contributed by atoms with van der Waals surface area (Å²) in [6, 6.07) is 27.0. The van der Waals surface area contributed by atoms with Crippen LogP contribution in [0.25, 0.3) is 27.9 Å². The molecule has 0 saturated carbocycles. The number of carbonyl (C=O) groups is 3. The van der Waals surface area contributed by atoms with E-state index >= 15 is 0 Å². The van der Waals surface area contributed by atoms with Crippen LogP contribution < -0.4 is 9.47 Å². The number of aromatic nitrogens is 1. The van der Waals surface area contributed by atoms with Crippen LogP contribution >= 0.6 is 0 Å². The van der Waals surface area contributed by atoms with Crippen LogP contribution in [-0.2, 0) is 30.4 Å². The number of fused-ring (bicyclic) bond motifs is 3. The largest absolute Gasteiger partial charge is 0.460 e. The van der Waals surface area contributed by atoms with Gasteiger partial charge < -0.3 is 28.3 Å². The number of nitrogens with zero attached hydrogens (tertiary/aromatic N) is 2. The first-order valence-corrected chi connectivity index (χ1v) is 17.1. The normalized spacial score (nSPS) is 18.2. The third-order valence-electron chi connectivity index (χ3n) is 9.27. The van der Waals surface area contributed by atoms with Crippen LogP contribution in [0.5, 0.6) is 11.5 Å². The number of hydrogen-bond donors (Lipinski definition) is 0. The molecular formula is C41H40N2O8. The summed E-state index contributed by atoms with van der Waals surface area (Å²) in [4.78, 5) is 47.1. The molecule has 4 atom stereocenters. The fraction of sp³-hybridized carbons (Fsp3) is 0.317. The van der Waals surface area contributed by atoms with Gasteiger partial charge in [0.2, 0.25) is 12.7 Å². The summed E-state index contributed by atoms with van der Waals surface area (Å²) in [5.74, 6) is -1.33. The summed E-state index contributed by atoms with van der Waals surface area (Å²) >= 11 is 0. The van der Waals surface area contributed by atoms with E-state index in [1.807, 2.05) is 97.9 Å². The molecule has 10 heteroatoms. The zero-order valence-electron chi connectivity index (χ0n) is 29.0. The van der Waals surface area contributed by atoms with E-state index in [0.717, 1.165) is 27.4 Å². The molecule has 1 saturated heterocycles. The Labute approximate surface area is 295 Å². The minimum absolute atomic E-state index is 0.127. The Morgan fingerprint density at radius 2 is 1.73 bits per heavy atom. The predicted octanol–water partition coefficient (Wildman–Crippen LogP) is 7.59. The molecule has 0 bridgehead atoms. The van der Waals surface area contributed by atoms with Crippen molar-refractivity contribution in [3.63, 3.8) is 0 Å². The third kappa shape index (κ3) is 7.45. The monoisotopic (exact) mass is 688 g/mol. The Bertz CT molecular complexity index is 2100. The van der Waals surface area contributed by atoms with E-state index in [2.05, 4.69) is 11.1 Å². The quantitative estimate of drug-likeness (QED) is 0.137. The molecule has 5 aromatic rings. The number of oxazole rings is 1. The lowest BCUT2D eigenvalue weighted by atomic mass is 9.87. The summed E-state index contributed by atoms with van der Waals surface area (Å²) in [6.45, 7) is 7.55. The molecule has 2 aliphatic heterocycles. The molecule has 3 heterocycles. The molecule has 1 fully saturated rings. The molecule has 4 aromatic carbocycles. The maximum Gasteiger partial charge on any atom is 0.314 e. The molecule has 10 nitrogen and oxygen atoms in total. The Kier molecular flexibility index (Phi) is 9.25. The van der Waals surface area contributed by atoms with Crippen molar-refractivity contribution in [3.05, 3.63) is 108 Å². The number of ether oxygens (including phenoxy) is 4. The molecule has 0 N–H and O–H groups in total. The van der Waals surface area contributed by atoms with Gasteiger partial charge in [-0.3, -0.25) is 14.4 Å². The van der Waals surface area contributed by atoms with E-state index in [9.17, 15) is 14.4 Å². The van der Waals surface area contributed by atoms with Gasteiger partial charge in [0.15, 0.2) is 23.2 Å². The Morgan fingerprint density at radius 1 is 0.961 bits per heavy atom. The number of para-hydroxylation sites is 2. The fourth-order valence-corrected chi connectivity index (χ4v) is 6.73. The van der Waals surface area contributed by atoms with Crippen molar-refractivity contribution >= 4 is 45.8 Å². The van der Waals surface area contributed by atoms with Gasteiger partial charge in [-0.05, 0) is 92.4 Å². The SMILES string of the molecule is CC(C(C/C=C/c1nc2ccccc2o1)c1ccc2c(c1)OCO2)N(Cc1ccc2ccccc2c1)C(=O)C1OC(=O)CC1C(=O)OC(C)(C)C. The number of rotatable bonds is 10. The van der Waals surface area contributed by atoms with Crippen molar-refractivity contribution in [1.82, 2.24) is 9.88 Å². The van der Waals surface area contributed by atoms with Gasteiger partial charge in [0.1, 0.15) is 17.0 Å². The lowest BCUT2D eigenvalue weighted by molar-refractivity contribution is -0.167. The number of cyclic esters (lactones) is 1. The van der Waals surface area contributed by atoms with Gasteiger partial charge in [0, 0.05) is 18.5 Å². The molecule has 0 radical (unpaired) electrons. The van der Waals surface area contributed by atoms with Crippen molar-refractivity contribution in [2.24, 2.45) is 5.92 Å². The average molecular weight is 689 g/mol. The van der Waals surface area contributed by atoms with Gasteiger partial charge >= 0.3 is 11.9 Å². The summed E-state index contributed by atoms with van der Waals surface area (Å²) in [6.07, 6.45) is 2.74. The van der Waals surface area contributed by atoms with Crippen LogP contribution in [0.2, 0.25) is 0 Å². The van der Waals surface area contributed by atoms with E-state index in [1.54, 1.807) is 25.7 Å². The summed E-state index contributed by atoms with van der Waals surface area (Å²) in [7, 11) is 0. The van der Waals surface area contributed by atoms with Gasteiger partial charge in [0.05, 0.1) is 6.42 Å². The fourth-order valence-electron chi connectivity index (χ4n) is 6.73. The number of benzene rings is 4. The highest BCUT2D eigenvalue weighted by Crippen LogP contribution is 2.39. The molecule has 51 heavy (non-hydrogen) atoms. The number of amides is 1. The lowest BCUT2D eigenvalue weighted by Gasteiger charge is -2.37. The minimum Gasteiger partial charge on any atom is -0.460 e. The van der Waals surface area contributed by atoms with Crippen LogP contribution in [0.3, 0.4) is 0 Å². The molecule has 1 amide bonds. The van der Waals surface area contributed by atoms with Crippen molar-refractivity contribution in [3.8, 4) is 11.5 Å². The number of allylic oxidation sites excluding steroid dienone is 1. The van der Waals surface area contributed by atoms with Gasteiger partial charge in [-0.1, -0.05) is 60.7 Å². The Hall–Kier alpha value is -5.64. The van der Waals surface area contributed by atoms with E-state index in [0.29, 0.717) is 29.4 Å². The van der Waals surface area contributed by atoms with Crippen molar-refractivity contribution in [2.75, 3.05) is 6.79 Å². The molecule has 1 aromatic heterocycles. The van der Waals surface area contributed by atoms with Crippen LogP contribution in [0.15, 0.2) is 95.4 Å². The molecule has 0 aliphatic carbocycles. The lowest BCUT2D eigenvalue weighted by Crippen LogP contribution is -2.49. The second-order valence-electron chi connectivity index (χ2n) is 14.0. The van der Waals surface area contributed by atoms with Crippen molar-refractivity contribution in [1.29, 1.82) is 0 Å². The molecule has 262 valence electrons. The average Bonchev–Trinajstić information content (AvgIpc) is 3.85. The zero-order valence-corrected chi connectivity index (χ0v) is 29.0. The van der Waals surface area contributed by atoms with E-state index in [4.69, 9.17) is 23.4 Å². The van der Waals surface area contributed by atoms with Crippen molar-refractivity contribution in [2.45, 2.75) is 70.7 Å². The Balaban J connectivity index is 1.25. The van der Waals surface area contributed by atoms with E-state index < -0.39 is 41.5 Å². The molecule has 7 rings (SSSR count). The van der Waals surface area contributed by atoms with E-state index in [1.165, 1.54) is 0 Å². The molecule has 4 unspecified atom stereocenters. The molecule has 2 aliphatic rings. The minimum atomic E-state index is -1.33. The maximum atomic E-state index is 14.8. The first-order chi connectivity index (χ1) is 24.5. The van der Waals surface area contributed by atoms with Crippen molar-refractivity contribution < 1.29 is 37.7 Å². The standard InChI is InChI=1S/C41H40N2O8/c1-25(30(29-18-19-34-35(21-29)48-24-47-34)12-9-15-36-42-32-13-7-8-14-33(32)49-36)43(23-26-16-17-27-10-5-6-11-28(27)20-26)39(45)38-31(22-37(44)50-38)40(46)51-41(2,3)4/h5-11,13-21,25,30-31,38H,12,22-24H2,1-4H3/b15-9+. The van der Waals surface area contributed by atoms with Crippen LogP contribution in [0.1, 0.15) is 63.5 Å². The predicted molar refractivity (Wildman–Crippen MR) is 191 cm³/mol. The van der Waals surface area contributed by atoms with Gasteiger partial charge in [-0.25, -0.2) is 4.98 Å². The number of carbonyl (C=O) groups excluding carboxylic acids is 3. The summed E-state index contributed by atoms with van der Waals surface area (Å²) < 4.78 is 28.5. The molecular weight excluding hydrogens is 648 g/mol. The summed E-state index contributed by atoms with van der Waals surface area (Å²) in [5.41, 5.74) is 2.45. The van der Waals surface area contributed by atoms with Crippen LogP contribution in [-0.4, -0.2) is 52.3 Å². The smallest absolute Gasteiger partial charge is 0.314 e.